The van der Waals surface area contributed by atoms with E-state index in [2.05, 4.69) is 0 Å². The van der Waals surface area contributed by atoms with Crippen LogP contribution in [0.4, 0.5) is 4.39 Å². The summed E-state index contributed by atoms with van der Waals surface area (Å²) in [6.45, 7) is 2.74. The van der Waals surface area contributed by atoms with Crippen LogP contribution in [0.5, 0.6) is 0 Å². The van der Waals surface area contributed by atoms with Crippen molar-refractivity contribution >= 4 is 27.0 Å². The topological polar surface area (TPSA) is 87.8 Å². The lowest BCUT2D eigenvalue weighted by Gasteiger charge is -2.18. The second-order valence-corrected chi connectivity index (χ2v) is 7.12. The molecular weight excluding hydrogens is 313 g/mol. The third kappa shape index (κ3) is 2.84. The van der Waals surface area contributed by atoms with E-state index in [0.29, 0.717) is 10.9 Å². The summed E-state index contributed by atoms with van der Waals surface area (Å²) in [6, 6.07) is 3.74. The van der Waals surface area contributed by atoms with Crippen LogP contribution in [-0.4, -0.2) is 37.4 Å². The summed E-state index contributed by atoms with van der Waals surface area (Å²) in [4.78, 5) is 10.9. The average Bonchev–Trinajstić information content (AvgIpc) is 2.76. The molecule has 6 nitrogen and oxygen atoms in total. The van der Waals surface area contributed by atoms with E-state index < -0.39 is 27.7 Å². The Morgan fingerprint density at radius 1 is 1.45 bits per heavy atom. The Bertz CT molecular complexity index is 827. The molecule has 1 unspecified atom stereocenters. The van der Waals surface area contributed by atoms with Crippen molar-refractivity contribution in [2.75, 3.05) is 13.6 Å². The van der Waals surface area contributed by atoms with Gasteiger partial charge in [-0.1, -0.05) is 6.92 Å². The summed E-state index contributed by atoms with van der Waals surface area (Å²) >= 11 is 0. The predicted octanol–water partition coefficient (Wildman–Crippen LogP) is 2.22. The Kier molecular flexibility index (Phi) is 4.25. The molecule has 0 aliphatic carbocycles. The molecule has 22 heavy (non-hydrogen) atoms. The van der Waals surface area contributed by atoms with Crippen molar-refractivity contribution < 1.29 is 27.1 Å². The molecule has 0 aliphatic rings. The molecule has 0 bridgehead atoms. The fourth-order valence-corrected chi connectivity index (χ4v) is 3.52. The second kappa shape index (κ2) is 5.69. The van der Waals surface area contributed by atoms with Gasteiger partial charge < -0.3 is 9.52 Å². The largest absolute Gasteiger partial charge is 0.481 e. The lowest BCUT2D eigenvalue weighted by molar-refractivity contribution is -0.141. The molecule has 1 aromatic heterocycles. The highest BCUT2D eigenvalue weighted by molar-refractivity contribution is 7.89. The van der Waals surface area contributed by atoms with E-state index >= 15 is 0 Å². The summed E-state index contributed by atoms with van der Waals surface area (Å²) in [5, 5.41) is 8.96. The number of carboxylic acids is 1. The number of sulfonamides is 1. The smallest absolute Gasteiger partial charge is 0.307 e. The monoisotopic (exact) mass is 329 g/mol. The molecule has 2 rings (SSSR count). The molecule has 0 fully saturated rings. The molecule has 2 aromatic rings. The Labute approximate surface area is 127 Å². The molecule has 0 amide bonds. The van der Waals surface area contributed by atoms with Gasteiger partial charge in [0.05, 0.1) is 5.92 Å². The molecular formula is C14H16FNO5S. The minimum Gasteiger partial charge on any atom is -0.481 e. The number of carbonyl (C=O) groups is 1. The van der Waals surface area contributed by atoms with Crippen LogP contribution in [0.25, 0.3) is 11.0 Å². The number of aryl methyl sites for hydroxylation is 1. The highest BCUT2D eigenvalue weighted by Crippen LogP contribution is 2.30. The number of benzene rings is 1. The number of halogens is 1. The lowest BCUT2D eigenvalue weighted by atomic mass is 10.2. The first-order chi connectivity index (χ1) is 10.1. The van der Waals surface area contributed by atoms with Crippen LogP contribution in [0.2, 0.25) is 0 Å². The number of hydrogen-bond acceptors (Lipinski definition) is 4. The van der Waals surface area contributed by atoms with Crippen LogP contribution >= 0.6 is 0 Å². The zero-order valence-corrected chi connectivity index (χ0v) is 13.1. The molecule has 1 heterocycles. The molecule has 1 aromatic carbocycles. The minimum absolute atomic E-state index is 0.192. The summed E-state index contributed by atoms with van der Waals surface area (Å²) in [5.74, 6) is -2.44. The summed E-state index contributed by atoms with van der Waals surface area (Å²) in [5.41, 5.74) is 0.557. The predicted molar refractivity (Wildman–Crippen MR) is 77.5 cm³/mol. The van der Waals surface area contributed by atoms with Crippen LogP contribution in [0.3, 0.4) is 0 Å². The van der Waals surface area contributed by atoms with Gasteiger partial charge >= 0.3 is 5.97 Å². The zero-order valence-electron chi connectivity index (χ0n) is 12.3. The zero-order chi connectivity index (χ0) is 16.7. The van der Waals surface area contributed by atoms with Crippen molar-refractivity contribution in [2.24, 2.45) is 5.92 Å². The molecule has 0 aliphatic heterocycles. The van der Waals surface area contributed by atoms with Gasteiger partial charge in [-0.25, -0.2) is 12.8 Å². The number of fused-ring (bicyclic) bond motifs is 1. The van der Waals surface area contributed by atoms with Crippen molar-refractivity contribution in [2.45, 2.75) is 18.9 Å². The van der Waals surface area contributed by atoms with Crippen LogP contribution in [-0.2, 0) is 14.8 Å². The molecule has 0 saturated carbocycles. The number of carboxylic acid groups (broad SMARTS) is 1. The standard InChI is InChI=1S/C14H16FNO5S/c1-8(13(17)18)7-16(3)22(19,20)14-9(2)11-6-10(15)4-5-12(11)21-14/h4-6,8H,7H2,1-3H3,(H,17,18). The lowest BCUT2D eigenvalue weighted by Crippen LogP contribution is -2.33. The van der Waals surface area contributed by atoms with Gasteiger partial charge in [0.15, 0.2) is 0 Å². The van der Waals surface area contributed by atoms with E-state index in [9.17, 15) is 17.6 Å². The van der Waals surface area contributed by atoms with Gasteiger partial charge in [-0.2, -0.15) is 4.31 Å². The number of furan rings is 1. The summed E-state index contributed by atoms with van der Waals surface area (Å²) in [7, 11) is -2.71. The Balaban J connectivity index is 2.45. The van der Waals surface area contributed by atoms with E-state index in [4.69, 9.17) is 9.52 Å². The van der Waals surface area contributed by atoms with E-state index in [-0.39, 0.29) is 17.2 Å². The second-order valence-electron chi connectivity index (χ2n) is 5.18. The Morgan fingerprint density at radius 3 is 2.68 bits per heavy atom. The first-order valence-corrected chi connectivity index (χ1v) is 7.96. The molecule has 1 N–H and O–H groups in total. The van der Waals surface area contributed by atoms with Gasteiger partial charge in [0, 0.05) is 24.5 Å². The van der Waals surface area contributed by atoms with E-state index in [1.54, 1.807) is 0 Å². The van der Waals surface area contributed by atoms with Crippen molar-refractivity contribution in [3.63, 3.8) is 0 Å². The number of aliphatic carboxylic acids is 1. The highest BCUT2D eigenvalue weighted by atomic mass is 32.2. The van der Waals surface area contributed by atoms with Crippen molar-refractivity contribution in [1.29, 1.82) is 0 Å². The first-order valence-electron chi connectivity index (χ1n) is 6.52. The molecule has 120 valence electrons. The van der Waals surface area contributed by atoms with Gasteiger partial charge in [0.1, 0.15) is 11.4 Å². The maximum atomic E-state index is 13.3. The third-order valence-electron chi connectivity index (χ3n) is 3.45. The minimum atomic E-state index is -3.99. The van der Waals surface area contributed by atoms with Crippen LogP contribution in [0.15, 0.2) is 27.7 Å². The highest BCUT2D eigenvalue weighted by Gasteiger charge is 2.30. The fraction of sp³-hybridized carbons (Fsp3) is 0.357. The molecule has 0 spiro atoms. The first kappa shape index (κ1) is 16.4. The number of rotatable bonds is 5. The maximum absolute atomic E-state index is 13.3. The third-order valence-corrected chi connectivity index (χ3v) is 5.28. The van der Waals surface area contributed by atoms with E-state index in [1.165, 1.54) is 39.1 Å². The summed E-state index contributed by atoms with van der Waals surface area (Å²) < 4.78 is 44.6. The summed E-state index contributed by atoms with van der Waals surface area (Å²) in [6.07, 6.45) is 0. The van der Waals surface area contributed by atoms with Gasteiger partial charge in [0.25, 0.3) is 10.0 Å². The van der Waals surface area contributed by atoms with E-state index in [0.717, 1.165) is 4.31 Å². The Morgan fingerprint density at radius 2 is 2.09 bits per heavy atom. The van der Waals surface area contributed by atoms with Crippen LogP contribution in [0.1, 0.15) is 12.5 Å². The maximum Gasteiger partial charge on any atom is 0.307 e. The van der Waals surface area contributed by atoms with Crippen molar-refractivity contribution in [3.8, 4) is 0 Å². The van der Waals surface area contributed by atoms with Crippen LogP contribution in [0, 0.1) is 18.7 Å². The van der Waals surface area contributed by atoms with Crippen molar-refractivity contribution in [3.05, 3.63) is 29.6 Å². The molecule has 0 radical (unpaired) electrons. The fourth-order valence-electron chi connectivity index (χ4n) is 2.12. The van der Waals surface area contributed by atoms with Crippen molar-refractivity contribution in [1.82, 2.24) is 4.31 Å². The molecule has 1 atom stereocenters. The molecule has 0 saturated heterocycles. The molecule has 8 heteroatoms. The Hall–Kier alpha value is -1.93. The number of hydrogen-bond donors (Lipinski definition) is 1. The van der Waals surface area contributed by atoms with Gasteiger partial charge in [-0.3, -0.25) is 4.79 Å². The van der Waals surface area contributed by atoms with Crippen LogP contribution < -0.4 is 0 Å². The normalized spacial score (nSPS) is 13.7. The SMILES string of the molecule is Cc1c(S(=O)(=O)N(C)CC(C)C(=O)O)oc2ccc(F)cc12. The number of nitrogens with zero attached hydrogens (tertiary/aromatic N) is 1. The van der Waals surface area contributed by atoms with E-state index in [1.807, 2.05) is 0 Å². The average molecular weight is 329 g/mol. The quantitative estimate of drug-likeness (QED) is 0.909. The van der Waals surface area contributed by atoms with Gasteiger partial charge in [0.2, 0.25) is 5.09 Å². The van der Waals surface area contributed by atoms with Gasteiger partial charge in [-0.05, 0) is 25.1 Å². The van der Waals surface area contributed by atoms with Gasteiger partial charge in [-0.15, -0.1) is 0 Å².